The first-order valence-electron chi connectivity index (χ1n) is 8.08. The molecular formula is C19H16F4O3. The maximum absolute atomic E-state index is 14.1. The van der Waals surface area contributed by atoms with Gasteiger partial charge in [-0.1, -0.05) is 12.1 Å². The number of carbonyl (C=O) groups is 1. The molecule has 0 aromatic heterocycles. The van der Waals surface area contributed by atoms with Crippen LogP contribution in [-0.2, 0) is 10.2 Å². The van der Waals surface area contributed by atoms with E-state index < -0.39 is 23.4 Å². The smallest absolute Gasteiger partial charge is 0.398 e. The van der Waals surface area contributed by atoms with Crippen LogP contribution in [0.15, 0.2) is 42.5 Å². The van der Waals surface area contributed by atoms with Crippen molar-refractivity contribution in [2.24, 2.45) is 0 Å². The fourth-order valence-corrected chi connectivity index (χ4v) is 2.75. The molecule has 1 aliphatic carbocycles. The molecule has 1 aliphatic rings. The van der Waals surface area contributed by atoms with Gasteiger partial charge in [0.2, 0.25) is 0 Å². The summed E-state index contributed by atoms with van der Waals surface area (Å²) >= 11 is 0. The Morgan fingerprint density at radius 2 is 1.77 bits per heavy atom. The number of ether oxygens (including phenoxy) is 2. The van der Waals surface area contributed by atoms with Crippen molar-refractivity contribution in [1.29, 1.82) is 0 Å². The van der Waals surface area contributed by atoms with Crippen LogP contribution in [0.3, 0.4) is 0 Å². The number of alkyl halides is 3. The van der Waals surface area contributed by atoms with Gasteiger partial charge in [-0.15, -0.1) is 0 Å². The molecule has 2 aromatic rings. The van der Waals surface area contributed by atoms with Gasteiger partial charge in [0.05, 0.1) is 17.6 Å². The van der Waals surface area contributed by atoms with Crippen molar-refractivity contribution < 1.29 is 31.8 Å². The van der Waals surface area contributed by atoms with Crippen LogP contribution in [0, 0.1) is 5.82 Å². The Morgan fingerprint density at radius 3 is 2.27 bits per heavy atom. The van der Waals surface area contributed by atoms with E-state index in [2.05, 4.69) is 0 Å². The average molecular weight is 368 g/mol. The lowest BCUT2D eigenvalue weighted by Crippen LogP contribution is -2.28. The molecule has 0 bridgehead atoms. The predicted molar refractivity (Wildman–Crippen MR) is 85.8 cm³/mol. The summed E-state index contributed by atoms with van der Waals surface area (Å²) in [4.78, 5) is 11.6. The summed E-state index contributed by atoms with van der Waals surface area (Å²) in [7, 11) is 0. The Morgan fingerprint density at radius 1 is 1.12 bits per heavy atom. The average Bonchev–Trinajstić information content (AvgIpc) is 3.39. The first-order chi connectivity index (χ1) is 12.3. The van der Waals surface area contributed by atoms with Gasteiger partial charge in [-0.25, -0.2) is 9.18 Å². The number of hydrogen-bond acceptors (Lipinski definition) is 3. The van der Waals surface area contributed by atoms with Crippen molar-refractivity contribution >= 4 is 5.97 Å². The van der Waals surface area contributed by atoms with E-state index in [4.69, 9.17) is 9.47 Å². The second kappa shape index (κ2) is 6.63. The van der Waals surface area contributed by atoms with Gasteiger partial charge < -0.3 is 9.47 Å². The maximum atomic E-state index is 14.1. The van der Waals surface area contributed by atoms with Crippen LogP contribution in [0.25, 0.3) is 0 Å². The van der Waals surface area contributed by atoms with Crippen LogP contribution < -0.4 is 4.74 Å². The summed E-state index contributed by atoms with van der Waals surface area (Å²) in [5, 5.41) is 0. The first kappa shape index (κ1) is 18.2. The molecule has 0 amide bonds. The molecular weight excluding hydrogens is 352 g/mol. The molecule has 138 valence electrons. The largest absolute Gasteiger partial charge is 0.462 e. The fraction of sp³-hybridized carbons (Fsp3) is 0.316. The Labute approximate surface area is 147 Å². The molecule has 0 N–H and O–H groups in total. The number of carbonyl (C=O) groups excluding carboxylic acids is 1. The van der Waals surface area contributed by atoms with Crippen LogP contribution in [-0.4, -0.2) is 18.8 Å². The third-order valence-corrected chi connectivity index (χ3v) is 4.37. The lowest BCUT2D eigenvalue weighted by Gasteiger charge is -2.19. The van der Waals surface area contributed by atoms with Gasteiger partial charge in [0.1, 0.15) is 5.75 Å². The number of rotatable bonds is 5. The standard InChI is InChI=1S/C19H16F4O3/c1-2-25-17(24)12-3-8-16(15(20)11-12)26-14-6-4-13(5-7-14)18(9-10-18)19(21,22)23/h3-8,11H,2,9-10H2,1H3. The Bertz CT molecular complexity index is 809. The minimum absolute atomic E-state index is 0.0490. The third kappa shape index (κ3) is 3.38. The Kier molecular flexibility index (Phi) is 4.64. The summed E-state index contributed by atoms with van der Waals surface area (Å²) in [5.74, 6) is -1.35. The SMILES string of the molecule is CCOC(=O)c1ccc(Oc2ccc(C3(C(F)(F)F)CC3)cc2)c(F)c1. The van der Waals surface area contributed by atoms with Crippen molar-refractivity contribution in [3.63, 3.8) is 0 Å². The molecule has 26 heavy (non-hydrogen) atoms. The van der Waals surface area contributed by atoms with Crippen LogP contribution in [0.4, 0.5) is 17.6 Å². The van der Waals surface area contributed by atoms with E-state index in [1.807, 2.05) is 0 Å². The van der Waals surface area contributed by atoms with Crippen molar-refractivity contribution in [3.8, 4) is 11.5 Å². The summed E-state index contributed by atoms with van der Waals surface area (Å²) in [5.41, 5.74) is -1.54. The van der Waals surface area contributed by atoms with E-state index in [1.165, 1.54) is 36.4 Å². The monoisotopic (exact) mass is 368 g/mol. The zero-order valence-electron chi connectivity index (χ0n) is 13.9. The minimum Gasteiger partial charge on any atom is -0.462 e. The zero-order valence-corrected chi connectivity index (χ0v) is 13.9. The molecule has 7 heteroatoms. The Hall–Kier alpha value is -2.57. The van der Waals surface area contributed by atoms with Crippen molar-refractivity contribution in [2.75, 3.05) is 6.61 Å². The number of esters is 1. The maximum Gasteiger partial charge on any atom is 0.398 e. The van der Waals surface area contributed by atoms with E-state index >= 15 is 0 Å². The topological polar surface area (TPSA) is 35.5 Å². The highest BCUT2D eigenvalue weighted by Gasteiger charge is 2.64. The lowest BCUT2D eigenvalue weighted by atomic mass is 9.95. The predicted octanol–water partition coefficient (Wildman–Crippen LogP) is 5.39. The van der Waals surface area contributed by atoms with E-state index in [0.29, 0.717) is 0 Å². The van der Waals surface area contributed by atoms with E-state index in [0.717, 1.165) is 6.07 Å². The molecule has 0 unspecified atom stereocenters. The van der Waals surface area contributed by atoms with E-state index in [9.17, 15) is 22.4 Å². The number of halogens is 4. The van der Waals surface area contributed by atoms with Gasteiger partial charge in [-0.2, -0.15) is 13.2 Å². The molecule has 3 rings (SSSR count). The second-order valence-electron chi connectivity index (χ2n) is 6.07. The molecule has 3 nitrogen and oxygen atoms in total. The molecule has 0 spiro atoms. The van der Waals surface area contributed by atoms with Crippen molar-refractivity contribution in [1.82, 2.24) is 0 Å². The first-order valence-corrected chi connectivity index (χ1v) is 8.08. The molecule has 1 saturated carbocycles. The second-order valence-corrected chi connectivity index (χ2v) is 6.07. The van der Waals surface area contributed by atoms with E-state index in [-0.39, 0.29) is 42.1 Å². The van der Waals surface area contributed by atoms with Crippen molar-refractivity contribution in [3.05, 3.63) is 59.4 Å². The molecule has 1 fully saturated rings. The van der Waals surface area contributed by atoms with Crippen LogP contribution >= 0.6 is 0 Å². The highest BCUT2D eigenvalue weighted by molar-refractivity contribution is 5.89. The highest BCUT2D eigenvalue weighted by atomic mass is 19.4. The highest BCUT2D eigenvalue weighted by Crippen LogP contribution is 2.58. The molecule has 0 atom stereocenters. The molecule has 2 aromatic carbocycles. The summed E-state index contributed by atoms with van der Waals surface area (Å²) in [6, 6.07) is 9.06. The third-order valence-electron chi connectivity index (χ3n) is 4.37. The Balaban J connectivity index is 1.75. The molecule has 0 saturated heterocycles. The van der Waals surface area contributed by atoms with Gasteiger partial charge in [-0.05, 0) is 55.7 Å². The number of hydrogen-bond donors (Lipinski definition) is 0. The zero-order chi connectivity index (χ0) is 18.9. The number of benzene rings is 2. The van der Waals surface area contributed by atoms with Gasteiger partial charge in [0.15, 0.2) is 11.6 Å². The molecule has 0 heterocycles. The quantitative estimate of drug-likeness (QED) is 0.524. The lowest BCUT2D eigenvalue weighted by molar-refractivity contribution is -0.160. The molecule has 0 aliphatic heterocycles. The van der Waals surface area contributed by atoms with Crippen LogP contribution in [0.5, 0.6) is 11.5 Å². The van der Waals surface area contributed by atoms with Gasteiger partial charge in [0, 0.05) is 0 Å². The van der Waals surface area contributed by atoms with Crippen LogP contribution in [0.2, 0.25) is 0 Å². The normalized spacial score (nSPS) is 15.4. The van der Waals surface area contributed by atoms with E-state index in [1.54, 1.807) is 6.92 Å². The van der Waals surface area contributed by atoms with Crippen molar-refractivity contribution in [2.45, 2.75) is 31.4 Å². The van der Waals surface area contributed by atoms with Crippen LogP contribution in [0.1, 0.15) is 35.7 Å². The summed E-state index contributed by atoms with van der Waals surface area (Å²) in [6.07, 6.45) is -4.15. The summed E-state index contributed by atoms with van der Waals surface area (Å²) < 4.78 is 63.6. The molecule has 0 radical (unpaired) electrons. The van der Waals surface area contributed by atoms with Gasteiger partial charge in [0.25, 0.3) is 0 Å². The fourth-order valence-electron chi connectivity index (χ4n) is 2.75. The summed E-state index contributed by atoms with van der Waals surface area (Å²) in [6.45, 7) is 1.81. The van der Waals surface area contributed by atoms with Gasteiger partial charge in [-0.3, -0.25) is 0 Å². The minimum atomic E-state index is -4.29. The van der Waals surface area contributed by atoms with Gasteiger partial charge >= 0.3 is 12.1 Å².